The Hall–Kier alpha value is -1.82. The number of carbonyl (C=O) groups excluding carboxylic acids is 1. The van der Waals surface area contributed by atoms with Gasteiger partial charge < -0.3 is 10.5 Å². The van der Waals surface area contributed by atoms with Crippen LogP contribution in [0.3, 0.4) is 0 Å². The van der Waals surface area contributed by atoms with Gasteiger partial charge in [0.2, 0.25) is 11.4 Å². The Morgan fingerprint density at radius 3 is 2.17 bits per heavy atom. The van der Waals surface area contributed by atoms with Crippen LogP contribution in [-0.2, 0) is 25.5 Å². The fourth-order valence-corrected chi connectivity index (χ4v) is 4.74. The number of halogens is 5. The van der Waals surface area contributed by atoms with Gasteiger partial charge in [-0.1, -0.05) is 35.2 Å². The minimum atomic E-state index is -4.72. The van der Waals surface area contributed by atoms with Gasteiger partial charge >= 0.3 is 12.1 Å². The van der Waals surface area contributed by atoms with Crippen molar-refractivity contribution in [2.75, 3.05) is 19.4 Å². The molecule has 0 saturated heterocycles. The van der Waals surface area contributed by atoms with E-state index >= 15 is 0 Å². The second kappa shape index (κ2) is 7.78. The number of nitrogens with zero attached hydrogens (tertiary/aromatic N) is 2. The van der Waals surface area contributed by atoms with Gasteiger partial charge in [0.05, 0.1) is 17.9 Å². The molecule has 0 radical (unpaired) electrons. The third-order valence-corrected chi connectivity index (χ3v) is 6.52. The molecule has 1 aromatic carbocycles. The van der Waals surface area contributed by atoms with E-state index in [0.717, 1.165) is 0 Å². The summed E-state index contributed by atoms with van der Waals surface area (Å²) in [6.07, 6.45) is -4.72. The molecular formula is C16H17Cl2F3N3O4S+. The summed E-state index contributed by atoms with van der Waals surface area (Å²) in [6.45, 7) is 2.77. The van der Waals surface area contributed by atoms with Crippen LogP contribution in [0.4, 0.5) is 18.9 Å². The first-order chi connectivity index (χ1) is 13.2. The smallest absolute Gasteiger partial charge is 0.416 e. The lowest BCUT2D eigenvalue weighted by molar-refractivity contribution is -0.137. The standard InChI is InChI=1S/C16H17Cl2F3N3O4S/c1-4-28-15(25)11-13(29(26,27)5-2)14(22)24(3,23-11)12-9(17)6-8(7-10(12)18)16(19,20)21/h6-7H,4-5,22H2,1-3H3/q+1. The van der Waals surface area contributed by atoms with E-state index in [-0.39, 0.29) is 12.3 Å². The summed E-state index contributed by atoms with van der Waals surface area (Å²) in [5.74, 6) is -1.91. The van der Waals surface area contributed by atoms with E-state index in [4.69, 9.17) is 33.7 Å². The van der Waals surface area contributed by atoms with Crippen molar-refractivity contribution in [3.8, 4) is 0 Å². The Labute approximate surface area is 175 Å². The van der Waals surface area contributed by atoms with Crippen molar-refractivity contribution < 1.29 is 31.1 Å². The van der Waals surface area contributed by atoms with E-state index in [1.165, 1.54) is 20.9 Å². The topological polar surface area (TPSA) is 98.8 Å². The van der Waals surface area contributed by atoms with Crippen LogP contribution in [-0.4, -0.2) is 39.5 Å². The van der Waals surface area contributed by atoms with Gasteiger partial charge in [-0.2, -0.15) is 13.2 Å². The maximum atomic E-state index is 13.0. The second-order valence-electron chi connectivity index (χ2n) is 6.03. The molecular weight excluding hydrogens is 458 g/mol. The molecule has 2 rings (SSSR count). The number of benzene rings is 1. The highest BCUT2D eigenvalue weighted by Gasteiger charge is 2.50. The molecule has 0 spiro atoms. The first kappa shape index (κ1) is 23.5. The third kappa shape index (κ3) is 4.09. The number of quaternary nitrogens is 1. The van der Waals surface area contributed by atoms with Crippen molar-refractivity contribution in [1.82, 2.24) is 4.59 Å². The Kier molecular flexibility index (Phi) is 6.30. The molecule has 1 aliphatic rings. The van der Waals surface area contributed by atoms with Gasteiger partial charge in [0, 0.05) is 0 Å². The van der Waals surface area contributed by atoms with Crippen molar-refractivity contribution in [3.63, 3.8) is 0 Å². The predicted molar refractivity (Wildman–Crippen MR) is 104 cm³/mol. The number of rotatable bonds is 5. The number of hydrogen-bond acceptors (Lipinski definition) is 6. The van der Waals surface area contributed by atoms with Crippen molar-refractivity contribution in [2.24, 2.45) is 10.8 Å². The first-order valence-corrected chi connectivity index (χ1v) is 10.6. The van der Waals surface area contributed by atoms with Crippen molar-refractivity contribution in [1.29, 1.82) is 0 Å². The molecule has 0 amide bonds. The monoisotopic (exact) mass is 474 g/mol. The molecule has 7 nitrogen and oxygen atoms in total. The van der Waals surface area contributed by atoms with Crippen LogP contribution < -0.4 is 10.3 Å². The van der Waals surface area contributed by atoms with Gasteiger partial charge in [0.15, 0.2) is 14.7 Å². The SMILES string of the molecule is CCOC(=O)C1=N[N+](C)(c2c(Cl)cc(C(F)(F)F)cc2Cl)C(N)=C1S(=O)(=O)CC. The lowest BCUT2D eigenvalue weighted by atomic mass is 10.2. The molecule has 1 heterocycles. The molecule has 1 aliphatic heterocycles. The molecule has 2 N–H and O–H groups in total. The van der Waals surface area contributed by atoms with E-state index < -0.39 is 64.4 Å². The van der Waals surface area contributed by atoms with Gasteiger partial charge in [-0.3, -0.25) is 0 Å². The Morgan fingerprint density at radius 1 is 1.24 bits per heavy atom. The summed E-state index contributed by atoms with van der Waals surface area (Å²) in [7, 11) is -2.81. The number of hydrogen-bond donors (Lipinski definition) is 1. The Morgan fingerprint density at radius 2 is 1.76 bits per heavy atom. The van der Waals surface area contributed by atoms with Crippen LogP contribution in [0.15, 0.2) is 28.0 Å². The third-order valence-electron chi connectivity index (χ3n) is 4.16. The number of ether oxygens (including phenoxy) is 1. The molecule has 0 fully saturated rings. The zero-order chi connectivity index (χ0) is 22.4. The van der Waals surface area contributed by atoms with Crippen LogP contribution in [0.5, 0.6) is 0 Å². The van der Waals surface area contributed by atoms with Gasteiger partial charge in [-0.25, -0.2) is 13.2 Å². The summed E-state index contributed by atoms with van der Waals surface area (Å²) in [6, 6.07) is 1.23. The largest absolute Gasteiger partial charge is 0.461 e. The average Bonchev–Trinajstić information content (AvgIpc) is 2.86. The average molecular weight is 475 g/mol. The van der Waals surface area contributed by atoms with Gasteiger partial charge in [-0.15, -0.1) is 4.59 Å². The first-order valence-electron chi connectivity index (χ1n) is 8.14. The van der Waals surface area contributed by atoms with Crippen LogP contribution in [0.25, 0.3) is 0 Å². The minimum absolute atomic E-state index is 0.0667. The molecule has 1 aromatic rings. The molecule has 0 saturated carbocycles. The van der Waals surface area contributed by atoms with Crippen LogP contribution >= 0.6 is 23.2 Å². The van der Waals surface area contributed by atoms with Gasteiger partial charge in [-0.05, 0) is 19.1 Å². The molecule has 160 valence electrons. The Balaban J connectivity index is 2.83. The number of sulfone groups is 1. The van der Waals surface area contributed by atoms with Crippen LogP contribution in [0, 0.1) is 0 Å². The minimum Gasteiger partial charge on any atom is -0.461 e. The fourth-order valence-electron chi connectivity index (χ4n) is 2.72. The van der Waals surface area contributed by atoms with Crippen LogP contribution in [0.1, 0.15) is 19.4 Å². The van der Waals surface area contributed by atoms with E-state index in [0.29, 0.717) is 12.1 Å². The lowest BCUT2D eigenvalue weighted by Gasteiger charge is -2.25. The summed E-state index contributed by atoms with van der Waals surface area (Å²) in [4.78, 5) is 11.7. The summed E-state index contributed by atoms with van der Waals surface area (Å²) in [5.41, 5.74) is 4.13. The van der Waals surface area contributed by atoms with Gasteiger partial charge in [0.1, 0.15) is 17.1 Å². The molecule has 0 aliphatic carbocycles. The highest BCUT2D eigenvalue weighted by molar-refractivity contribution is 7.96. The van der Waals surface area contributed by atoms with E-state index in [1.807, 2.05) is 0 Å². The maximum Gasteiger partial charge on any atom is 0.416 e. The van der Waals surface area contributed by atoms with E-state index in [2.05, 4.69) is 5.10 Å². The predicted octanol–water partition coefficient (Wildman–Crippen LogP) is 3.44. The summed E-state index contributed by atoms with van der Waals surface area (Å²) < 4.78 is 68.1. The number of carbonyl (C=O) groups is 1. The van der Waals surface area contributed by atoms with E-state index in [9.17, 15) is 26.4 Å². The summed E-state index contributed by atoms with van der Waals surface area (Å²) in [5, 5.41) is 3.13. The molecule has 1 atom stereocenters. The Bertz CT molecular complexity index is 1020. The quantitative estimate of drug-likeness (QED) is 0.520. The number of esters is 1. The summed E-state index contributed by atoms with van der Waals surface area (Å²) >= 11 is 12.1. The fraction of sp³-hybridized carbons (Fsp3) is 0.375. The molecule has 0 aromatic heterocycles. The zero-order valence-electron chi connectivity index (χ0n) is 15.5. The number of alkyl halides is 3. The normalized spacial score (nSPS) is 20.1. The van der Waals surface area contributed by atoms with Crippen LogP contribution in [0.2, 0.25) is 10.0 Å². The van der Waals surface area contributed by atoms with E-state index in [1.54, 1.807) is 0 Å². The van der Waals surface area contributed by atoms with Crippen molar-refractivity contribution in [3.05, 3.63) is 38.5 Å². The van der Waals surface area contributed by atoms with Crippen molar-refractivity contribution in [2.45, 2.75) is 20.0 Å². The molecule has 1 unspecified atom stereocenters. The lowest BCUT2D eigenvalue weighted by Crippen LogP contribution is -2.41. The number of nitrogens with two attached hydrogens (primary N) is 1. The highest BCUT2D eigenvalue weighted by Crippen LogP contribution is 2.46. The van der Waals surface area contributed by atoms with Gasteiger partial charge in [0.25, 0.3) is 5.82 Å². The molecule has 13 heteroatoms. The second-order valence-corrected chi connectivity index (χ2v) is 9.06. The zero-order valence-corrected chi connectivity index (χ0v) is 17.8. The molecule has 29 heavy (non-hydrogen) atoms. The highest BCUT2D eigenvalue weighted by atomic mass is 35.5. The maximum absolute atomic E-state index is 13.0. The van der Waals surface area contributed by atoms with Crippen molar-refractivity contribution >= 4 is 50.4 Å². The molecule has 0 bridgehead atoms.